The molecule has 2 amide bonds. The second kappa shape index (κ2) is 4.17. The van der Waals surface area contributed by atoms with E-state index in [0.29, 0.717) is 18.5 Å². The molecule has 0 aromatic heterocycles. The molecular formula is C13H12BrNO3. The third kappa shape index (κ3) is 1.69. The van der Waals surface area contributed by atoms with Gasteiger partial charge >= 0.3 is 0 Å². The van der Waals surface area contributed by atoms with Crippen LogP contribution in [-0.2, 0) is 14.3 Å². The van der Waals surface area contributed by atoms with Gasteiger partial charge in [0.05, 0.1) is 5.69 Å². The number of carbonyl (C=O) groups excluding carboxylic acids is 2. The number of hydrogen-bond donors (Lipinski definition) is 0. The van der Waals surface area contributed by atoms with Crippen LogP contribution >= 0.6 is 15.9 Å². The van der Waals surface area contributed by atoms with Gasteiger partial charge in [-0.25, -0.2) is 4.90 Å². The molecule has 0 radical (unpaired) electrons. The van der Waals surface area contributed by atoms with Crippen LogP contribution in [0.3, 0.4) is 0 Å². The summed E-state index contributed by atoms with van der Waals surface area (Å²) in [5, 5.41) is 0. The highest BCUT2D eigenvalue weighted by Crippen LogP contribution is 2.35. The molecule has 2 aliphatic rings. The van der Waals surface area contributed by atoms with E-state index < -0.39 is 12.2 Å². The zero-order valence-electron chi connectivity index (χ0n) is 9.85. The monoisotopic (exact) mass is 309 g/mol. The number of nitrogens with zero attached hydrogens (tertiary/aromatic N) is 1. The van der Waals surface area contributed by atoms with E-state index in [4.69, 9.17) is 4.74 Å². The van der Waals surface area contributed by atoms with Crippen LogP contribution in [0.4, 0.5) is 5.69 Å². The van der Waals surface area contributed by atoms with Crippen molar-refractivity contribution >= 4 is 33.4 Å². The maximum Gasteiger partial charge on any atom is 0.263 e. The fraction of sp³-hybridized carbons (Fsp3) is 0.385. The maximum absolute atomic E-state index is 12.2. The second-order valence-corrected chi connectivity index (χ2v) is 5.51. The summed E-state index contributed by atoms with van der Waals surface area (Å²) in [6.07, 6.45) is 0.352. The van der Waals surface area contributed by atoms with Crippen LogP contribution in [0, 0.1) is 6.92 Å². The Morgan fingerprint density at radius 1 is 1.22 bits per heavy atom. The summed E-state index contributed by atoms with van der Waals surface area (Å²) in [7, 11) is 0. The van der Waals surface area contributed by atoms with Crippen molar-refractivity contribution < 1.29 is 14.3 Å². The van der Waals surface area contributed by atoms with Gasteiger partial charge in [-0.2, -0.15) is 0 Å². The lowest BCUT2D eigenvalue weighted by Crippen LogP contribution is -2.52. The summed E-state index contributed by atoms with van der Waals surface area (Å²) in [5.74, 6) is -0.500. The number of aryl methyl sites for hydroxylation is 1. The summed E-state index contributed by atoms with van der Waals surface area (Å²) in [6, 6.07) is 5.62. The largest absolute Gasteiger partial charge is 0.355 e. The number of imide groups is 1. The summed E-state index contributed by atoms with van der Waals surface area (Å²) >= 11 is 3.39. The molecule has 94 valence electrons. The first-order valence-electron chi connectivity index (χ1n) is 5.87. The number of rotatable bonds is 1. The molecule has 2 saturated heterocycles. The molecule has 0 spiro atoms. The molecule has 1 aromatic rings. The van der Waals surface area contributed by atoms with E-state index in [2.05, 4.69) is 15.9 Å². The van der Waals surface area contributed by atoms with Crippen molar-refractivity contribution in [2.45, 2.75) is 32.0 Å². The molecule has 2 bridgehead atoms. The molecular weight excluding hydrogens is 298 g/mol. The van der Waals surface area contributed by atoms with Gasteiger partial charge in [0.25, 0.3) is 11.8 Å². The number of anilines is 1. The zero-order valence-corrected chi connectivity index (χ0v) is 11.4. The van der Waals surface area contributed by atoms with Gasteiger partial charge in [-0.1, -0.05) is 6.07 Å². The third-order valence-electron chi connectivity index (χ3n) is 3.35. The average molecular weight is 310 g/mol. The summed E-state index contributed by atoms with van der Waals surface area (Å²) in [5.41, 5.74) is 1.62. The zero-order chi connectivity index (χ0) is 12.9. The molecule has 5 heteroatoms. The number of amides is 2. The molecule has 2 heterocycles. The maximum atomic E-state index is 12.2. The van der Waals surface area contributed by atoms with Crippen molar-refractivity contribution in [1.29, 1.82) is 0 Å². The fourth-order valence-electron chi connectivity index (χ4n) is 2.43. The van der Waals surface area contributed by atoms with E-state index in [-0.39, 0.29) is 11.8 Å². The Morgan fingerprint density at radius 3 is 2.44 bits per heavy atom. The van der Waals surface area contributed by atoms with E-state index in [1.807, 2.05) is 25.1 Å². The number of hydrogen-bond acceptors (Lipinski definition) is 3. The number of benzene rings is 1. The summed E-state index contributed by atoms with van der Waals surface area (Å²) in [6.45, 7) is 1.93. The van der Waals surface area contributed by atoms with Gasteiger partial charge < -0.3 is 4.74 Å². The second-order valence-electron chi connectivity index (χ2n) is 4.66. The van der Waals surface area contributed by atoms with Crippen LogP contribution in [0.25, 0.3) is 0 Å². The summed E-state index contributed by atoms with van der Waals surface area (Å²) < 4.78 is 6.13. The van der Waals surface area contributed by atoms with Gasteiger partial charge in [-0.3, -0.25) is 9.59 Å². The van der Waals surface area contributed by atoms with Crippen molar-refractivity contribution in [1.82, 2.24) is 0 Å². The van der Waals surface area contributed by atoms with Gasteiger partial charge in [0.15, 0.2) is 0 Å². The molecule has 2 atom stereocenters. The molecule has 0 N–H and O–H groups in total. The van der Waals surface area contributed by atoms with E-state index in [1.165, 1.54) is 4.90 Å². The number of carbonyl (C=O) groups is 2. The first-order valence-corrected chi connectivity index (χ1v) is 6.66. The molecule has 2 unspecified atom stereocenters. The Labute approximate surface area is 113 Å². The van der Waals surface area contributed by atoms with Crippen LogP contribution in [-0.4, -0.2) is 24.0 Å². The van der Waals surface area contributed by atoms with Crippen molar-refractivity contribution in [3.8, 4) is 0 Å². The lowest BCUT2D eigenvalue weighted by molar-refractivity contribution is -0.146. The van der Waals surface area contributed by atoms with Crippen molar-refractivity contribution in [3.05, 3.63) is 28.2 Å². The average Bonchev–Trinajstić information content (AvgIpc) is 2.78. The molecule has 18 heavy (non-hydrogen) atoms. The highest BCUT2D eigenvalue weighted by atomic mass is 79.9. The van der Waals surface area contributed by atoms with E-state index in [1.54, 1.807) is 0 Å². The van der Waals surface area contributed by atoms with Crippen molar-refractivity contribution in [2.75, 3.05) is 4.90 Å². The SMILES string of the molecule is Cc1ccc(Br)c(N2C(=O)C3CCC(O3)C2=O)c1. The Balaban J connectivity index is 2.07. The van der Waals surface area contributed by atoms with E-state index in [0.717, 1.165) is 10.0 Å². The topological polar surface area (TPSA) is 46.6 Å². The number of fused-ring (bicyclic) bond motifs is 2. The fourth-order valence-corrected chi connectivity index (χ4v) is 2.85. The minimum atomic E-state index is -0.458. The van der Waals surface area contributed by atoms with Crippen LogP contribution in [0.1, 0.15) is 18.4 Å². The van der Waals surface area contributed by atoms with Gasteiger partial charge in [0, 0.05) is 4.47 Å². The lowest BCUT2D eigenvalue weighted by Gasteiger charge is -2.30. The molecule has 3 rings (SSSR count). The van der Waals surface area contributed by atoms with Crippen LogP contribution in [0.5, 0.6) is 0 Å². The van der Waals surface area contributed by atoms with E-state index >= 15 is 0 Å². The first-order chi connectivity index (χ1) is 8.58. The lowest BCUT2D eigenvalue weighted by atomic mass is 10.1. The minimum Gasteiger partial charge on any atom is -0.355 e. The predicted molar refractivity (Wildman–Crippen MR) is 69.3 cm³/mol. The van der Waals surface area contributed by atoms with Gasteiger partial charge in [0.1, 0.15) is 12.2 Å². The molecule has 1 aromatic carbocycles. The molecule has 4 nitrogen and oxygen atoms in total. The molecule has 0 saturated carbocycles. The smallest absolute Gasteiger partial charge is 0.263 e. The Bertz CT molecular complexity index is 521. The van der Waals surface area contributed by atoms with Crippen LogP contribution < -0.4 is 4.90 Å². The van der Waals surface area contributed by atoms with Gasteiger partial charge in [0.2, 0.25) is 0 Å². The van der Waals surface area contributed by atoms with Crippen molar-refractivity contribution in [3.63, 3.8) is 0 Å². The van der Waals surface area contributed by atoms with E-state index in [9.17, 15) is 9.59 Å². The quantitative estimate of drug-likeness (QED) is 0.747. The van der Waals surface area contributed by atoms with Gasteiger partial charge in [-0.15, -0.1) is 0 Å². The number of halogens is 1. The normalized spacial score (nSPS) is 26.9. The number of morpholine rings is 1. The first kappa shape index (κ1) is 11.9. The summed E-state index contributed by atoms with van der Waals surface area (Å²) in [4.78, 5) is 25.7. The van der Waals surface area contributed by atoms with Gasteiger partial charge in [-0.05, 0) is 53.4 Å². The van der Waals surface area contributed by atoms with Crippen LogP contribution in [0.2, 0.25) is 0 Å². The molecule has 2 aliphatic heterocycles. The van der Waals surface area contributed by atoms with Crippen molar-refractivity contribution in [2.24, 2.45) is 0 Å². The number of ether oxygens (including phenoxy) is 1. The minimum absolute atomic E-state index is 0.250. The Morgan fingerprint density at radius 2 is 1.83 bits per heavy atom. The molecule has 0 aliphatic carbocycles. The Hall–Kier alpha value is -1.20. The predicted octanol–water partition coefficient (Wildman–Crippen LogP) is 2.18. The molecule has 2 fully saturated rings. The standard InChI is InChI=1S/C13H12BrNO3/c1-7-2-3-8(14)9(6-7)15-12(16)10-4-5-11(18-10)13(15)17/h2-3,6,10-11H,4-5H2,1H3. The third-order valence-corrected chi connectivity index (χ3v) is 4.02. The highest BCUT2D eigenvalue weighted by Gasteiger charge is 2.47. The highest BCUT2D eigenvalue weighted by molar-refractivity contribution is 9.10. The Kier molecular flexibility index (Phi) is 2.75. The van der Waals surface area contributed by atoms with Crippen LogP contribution in [0.15, 0.2) is 22.7 Å².